The SMILES string of the molecule is CNCc1cc(NC(C)(C)C)ccn1. The van der Waals surface area contributed by atoms with Crippen LogP contribution in [0, 0.1) is 0 Å². The van der Waals surface area contributed by atoms with E-state index in [1.54, 1.807) is 0 Å². The van der Waals surface area contributed by atoms with E-state index < -0.39 is 0 Å². The van der Waals surface area contributed by atoms with E-state index in [2.05, 4.69) is 42.5 Å². The van der Waals surface area contributed by atoms with Crippen molar-refractivity contribution in [2.75, 3.05) is 12.4 Å². The Balaban J connectivity index is 2.73. The number of nitrogens with zero attached hydrogens (tertiary/aromatic N) is 1. The molecule has 0 saturated heterocycles. The molecule has 0 bridgehead atoms. The van der Waals surface area contributed by atoms with Crippen LogP contribution in [0.2, 0.25) is 0 Å². The van der Waals surface area contributed by atoms with Crippen molar-refractivity contribution >= 4 is 5.69 Å². The molecule has 2 N–H and O–H groups in total. The fourth-order valence-electron chi connectivity index (χ4n) is 1.27. The van der Waals surface area contributed by atoms with Gasteiger partial charge in [-0.25, -0.2) is 0 Å². The summed E-state index contributed by atoms with van der Waals surface area (Å²) in [7, 11) is 1.92. The van der Waals surface area contributed by atoms with E-state index in [1.807, 2.05) is 19.3 Å². The van der Waals surface area contributed by atoms with Crippen molar-refractivity contribution in [3.63, 3.8) is 0 Å². The first-order valence-corrected chi connectivity index (χ1v) is 4.89. The monoisotopic (exact) mass is 193 g/mol. The van der Waals surface area contributed by atoms with Crippen molar-refractivity contribution in [1.29, 1.82) is 0 Å². The molecular formula is C11H19N3. The first-order chi connectivity index (χ1) is 6.51. The van der Waals surface area contributed by atoms with Gasteiger partial charge in [-0.15, -0.1) is 0 Å². The van der Waals surface area contributed by atoms with Crippen LogP contribution in [0.3, 0.4) is 0 Å². The predicted octanol–water partition coefficient (Wildman–Crippen LogP) is 2.01. The fourth-order valence-corrected chi connectivity index (χ4v) is 1.27. The Morgan fingerprint density at radius 1 is 1.36 bits per heavy atom. The Hall–Kier alpha value is -1.09. The summed E-state index contributed by atoms with van der Waals surface area (Å²) in [6.07, 6.45) is 1.83. The van der Waals surface area contributed by atoms with E-state index in [-0.39, 0.29) is 5.54 Å². The van der Waals surface area contributed by atoms with Crippen molar-refractivity contribution in [3.05, 3.63) is 24.0 Å². The van der Waals surface area contributed by atoms with Gasteiger partial charge >= 0.3 is 0 Å². The van der Waals surface area contributed by atoms with Gasteiger partial charge in [-0.1, -0.05) is 0 Å². The highest BCUT2D eigenvalue weighted by atomic mass is 15.0. The lowest BCUT2D eigenvalue weighted by atomic mass is 10.1. The maximum atomic E-state index is 4.26. The largest absolute Gasteiger partial charge is 0.380 e. The van der Waals surface area contributed by atoms with Gasteiger partial charge in [0, 0.05) is 24.0 Å². The van der Waals surface area contributed by atoms with Crippen molar-refractivity contribution < 1.29 is 0 Å². The number of hydrogen-bond donors (Lipinski definition) is 2. The second kappa shape index (κ2) is 4.42. The molecule has 78 valence electrons. The number of pyridine rings is 1. The molecule has 0 radical (unpaired) electrons. The van der Waals surface area contributed by atoms with Crippen molar-refractivity contribution in [3.8, 4) is 0 Å². The molecule has 0 aliphatic heterocycles. The van der Waals surface area contributed by atoms with Gasteiger partial charge in [-0.05, 0) is 40.0 Å². The highest BCUT2D eigenvalue weighted by Crippen LogP contribution is 2.14. The summed E-state index contributed by atoms with van der Waals surface area (Å²) in [5, 5.41) is 6.50. The minimum Gasteiger partial charge on any atom is -0.380 e. The zero-order chi connectivity index (χ0) is 10.6. The van der Waals surface area contributed by atoms with Crippen LogP contribution in [0.1, 0.15) is 26.5 Å². The lowest BCUT2D eigenvalue weighted by molar-refractivity contribution is 0.633. The van der Waals surface area contributed by atoms with E-state index in [4.69, 9.17) is 0 Å². The van der Waals surface area contributed by atoms with Crippen LogP contribution in [0.4, 0.5) is 5.69 Å². The van der Waals surface area contributed by atoms with E-state index in [0.717, 1.165) is 17.9 Å². The Bertz CT molecular complexity index is 289. The fraction of sp³-hybridized carbons (Fsp3) is 0.545. The molecule has 1 rings (SSSR count). The normalized spacial score (nSPS) is 11.4. The molecule has 0 fully saturated rings. The molecule has 0 saturated carbocycles. The summed E-state index contributed by atoms with van der Waals surface area (Å²) < 4.78 is 0. The maximum Gasteiger partial charge on any atom is 0.0562 e. The summed E-state index contributed by atoms with van der Waals surface area (Å²) >= 11 is 0. The number of aromatic nitrogens is 1. The second-order valence-corrected chi connectivity index (χ2v) is 4.44. The molecule has 0 amide bonds. The van der Waals surface area contributed by atoms with Crippen LogP contribution in [0.15, 0.2) is 18.3 Å². The number of rotatable bonds is 3. The Morgan fingerprint density at radius 3 is 2.64 bits per heavy atom. The van der Waals surface area contributed by atoms with Crippen LogP contribution < -0.4 is 10.6 Å². The lowest BCUT2D eigenvalue weighted by Crippen LogP contribution is -2.26. The minimum atomic E-state index is 0.0955. The van der Waals surface area contributed by atoms with E-state index in [9.17, 15) is 0 Å². The van der Waals surface area contributed by atoms with Crippen LogP contribution in [-0.4, -0.2) is 17.6 Å². The molecule has 0 spiro atoms. The van der Waals surface area contributed by atoms with Gasteiger partial charge in [0.05, 0.1) is 5.69 Å². The Labute approximate surface area is 85.9 Å². The Morgan fingerprint density at radius 2 is 2.07 bits per heavy atom. The maximum absolute atomic E-state index is 4.26. The second-order valence-electron chi connectivity index (χ2n) is 4.44. The van der Waals surface area contributed by atoms with E-state index >= 15 is 0 Å². The van der Waals surface area contributed by atoms with Crippen LogP contribution in [-0.2, 0) is 6.54 Å². The molecule has 3 nitrogen and oxygen atoms in total. The third-order valence-electron chi connectivity index (χ3n) is 1.69. The van der Waals surface area contributed by atoms with Gasteiger partial charge in [0.25, 0.3) is 0 Å². The third kappa shape index (κ3) is 3.75. The molecular weight excluding hydrogens is 174 g/mol. The molecule has 0 atom stereocenters. The topological polar surface area (TPSA) is 37.0 Å². The van der Waals surface area contributed by atoms with Gasteiger partial charge in [0.1, 0.15) is 0 Å². The summed E-state index contributed by atoms with van der Waals surface area (Å²) in [5.41, 5.74) is 2.28. The lowest BCUT2D eigenvalue weighted by Gasteiger charge is -2.22. The van der Waals surface area contributed by atoms with Crippen LogP contribution >= 0.6 is 0 Å². The van der Waals surface area contributed by atoms with Crippen LogP contribution in [0.5, 0.6) is 0 Å². The van der Waals surface area contributed by atoms with Gasteiger partial charge in [0.15, 0.2) is 0 Å². The summed E-state index contributed by atoms with van der Waals surface area (Å²) in [6, 6.07) is 4.06. The smallest absolute Gasteiger partial charge is 0.0562 e. The van der Waals surface area contributed by atoms with E-state index in [1.165, 1.54) is 0 Å². The van der Waals surface area contributed by atoms with Gasteiger partial charge < -0.3 is 10.6 Å². The molecule has 0 unspecified atom stereocenters. The summed E-state index contributed by atoms with van der Waals surface area (Å²) in [4.78, 5) is 4.26. The molecule has 1 heterocycles. The summed E-state index contributed by atoms with van der Waals surface area (Å²) in [5.74, 6) is 0. The molecule has 14 heavy (non-hydrogen) atoms. The summed E-state index contributed by atoms with van der Waals surface area (Å²) in [6.45, 7) is 7.24. The van der Waals surface area contributed by atoms with Crippen molar-refractivity contribution in [2.24, 2.45) is 0 Å². The highest BCUT2D eigenvalue weighted by molar-refractivity contribution is 5.45. The average Bonchev–Trinajstić information content (AvgIpc) is 2.02. The third-order valence-corrected chi connectivity index (χ3v) is 1.69. The molecule has 1 aromatic rings. The number of anilines is 1. The minimum absolute atomic E-state index is 0.0955. The zero-order valence-corrected chi connectivity index (χ0v) is 9.39. The number of hydrogen-bond acceptors (Lipinski definition) is 3. The highest BCUT2D eigenvalue weighted by Gasteiger charge is 2.09. The average molecular weight is 193 g/mol. The van der Waals surface area contributed by atoms with Gasteiger partial charge in [-0.2, -0.15) is 0 Å². The van der Waals surface area contributed by atoms with Crippen molar-refractivity contribution in [1.82, 2.24) is 10.3 Å². The molecule has 1 aromatic heterocycles. The molecule has 0 aliphatic rings. The number of nitrogens with one attached hydrogen (secondary N) is 2. The quantitative estimate of drug-likeness (QED) is 0.771. The first-order valence-electron chi connectivity index (χ1n) is 4.89. The van der Waals surface area contributed by atoms with Crippen molar-refractivity contribution in [2.45, 2.75) is 32.9 Å². The van der Waals surface area contributed by atoms with E-state index in [0.29, 0.717) is 0 Å². The standard InChI is InChI=1S/C11H19N3/c1-11(2,3)14-9-5-6-13-10(7-9)8-12-4/h5-7,12H,8H2,1-4H3,(H,13,14). The Kier molecular flexibility index (Phi) is 3.47. The van der Waals surface area contributed by atoms with Gasteiger partial charge in [-0.3, -0.25) is 4.98 Å². The molecule has 0 aromatic carbocycles. The molecule has 0 aliphatic carbocycles. The predicted molar refractivity (Wildman–Crippen MR) is 60.4 cm³/mol. The first kappa shape index (κ1) is 11.0. The van der Waals surface area contributed by atoms with Crippen LogP contribution in [0.25, 0.3) is 0 Å². The zero-order valence-electron chi connectivity index (χ0n) is 9.39. The molecule has 3 heteroatoms. The van der Waals surface area contributed by atoms with Gasteiger partial charge in [0.2, 0.25) is 0 Å².